The molecule has 2 atom stereocenters. The number of morpholine rings is 1. The molecule has 28 heavy (non-hydrogen) atoms. The zero-order chi connectivity index (χ0) is 19.1. The average molecular weight is 405 g/mol. The highest BCUT2D eigenvalue weighted by atomic mass is 35.5. The van der Waals surface area contributed by atoms with Gasteiger partial charge in [0.1, 0.15) is 11.9 Å². The van der Waals surface area contributed by atoms with Crippen molar-refractivity contribution in [1.29, 1.82) is 0 Å². The first-order chi connectivity index (χ1) is 13.2. The molecule has 1 amide bonds. The molecule has 1 fully saturated rings. The molecule has 0 radical (unpaired) electrons. The third kappa shape index (κ3) is 5.71. The normalized spacial score (nSPS) is 17.3. The van der Waals surface area contributed by atoms with Crippen LogP contribution in [0, 0.1) is 0 Å². The fraction of sp³-hybridized carbons (Fsp3) is 0.409. The van der Waals surface area contributed by atoms with Crippen molar-refractivity contribution in [1.82, 2.24) is 10.2 Å². The van der Waals surface area contributed by atoms with Crippen molar-refractivity contribution in [3.05, 3.63) is 65.7 Å². The van der Waals surface area contributed by atoms with Crippen LogP contribution in [-0.2, 0) is 22.5 Å². The maximum absolute atomic E-state index is 13.2. The summed E-state index contributed by atoms with van der Waals surface area (Å²) in [6.45, 7) is 4.57. The SMILES string of the molecule is COc1ccccc1CC(C)N(Cc1ccccc1)C(=O)C1CNCCO1.Cl. The van der Waals surface area contributed by atoms with E-state index in [4.69, 9.17) is 9.47 Å². The van der Waals surface area contributed by atoms with E-state index in [9.17, 15) is 4.79 Å². The van der Waals surface area contributed by atoms with Gasteiger partial charge in [-0.3, -0.25) is 4.79 Å². The molecule has 1 aliphatic heterocycles. The number of benzene rings is 2. The molecule has 0 saturated carbocycles. The van der Waals surface area contributed by atoms with Crippen molar-refractivity contribution in [3.63, 3.8) is 0 Å². The molecular formula is C22H29ClN2O3. The number of methoxy groups -OCH3 is 1. The van der Waals surface area contributed by atoms with Gasteiger partial charge in [-0.2, -0.15) is 0 Å². The molecule has 1 N–H and O–H groups in total. The molecule has 2 aromatic rings. The second-order valence-corrected chi connectivity index (χ2v) is 6.88. The van der Waals surface area contributed by atoms with Gasteiger partial charge in [0.25, 0.3) is 5.91 Å². The van der Waals surface area contributed by atoms with Crippen LogP contribution in [0.2, 0.25) is 0 Å². The Hall–Kier alpha value is -2.08. The van der Waals surface area contributed by atoms with E-state index in [1.54, 1.807) is 7.11 Å². The molecule has 0 spiro atoms. The lowest BCUT2D eigenvalue weighted by Gasteiger charge is -2.34. The van der Waals surface area contributed by atoms with Crippen LogP contribution in [0.5, 0.6) is 5.75 Å². The second-order valence-electron chi connectivity index (χ2n) is 6.88. The fourth-order valence-electron chi connectivity index (χ4n) is 3.44. The third-order valence-corrected chi connectivity index (χ3v) is 4.92. The van der Waals surface area contributed by atoms with Crippen LogP contribution in [0.4, 0.5) is 0 Å². The number of carbonyl (C=O) groups excluding carboxylic acids is 1. The number of ether oxygens (including phenoxy) is 2. The summed E-state index contributed by atoms with van der Waals surface area (Å²) in [6.07, 6.45) is 0.297. The van der Waals surface area contributed by atoms with Crippen molar-refractivity contribution in [2.75, 3.05) is 26.8 Å². The Balaban J connectivity index is 0.00000280. The highest BCUT2D eigenvalue weighted by Gasteiger charge is 2.30. The largest absolute Gasteiger partial charge is 0.496 e. The van der Waals surface area contributed by atoms with Crippen LogP contribution in [0.25, 0.3) is 0 Å². The predicted octanol–water partition coefficient (Wildman–Crippen LogP) is 3.07. The van der Waals surface area contributed by atoms with Gasteiger partial charge in [-0.15, -0.1) is 12.4 Å². The van der Waals surface area contributed by atoms with Crippen LogP contribution >= 0.6 is 12.4 Å². The van der Waals surface area contributed by atoms with Crippen molar-refractivity contribution < 1.29 is 14.3 Å². The first kappa shape index (κ1) is 22.2. The number of nitrogens with one attached hydrogen (secondary N) is 1. The molecule has 152 valence electrons. The summed E-state index contributed by atoms with van der Waals surface area (Å²) < 4.78 is 11.2. The predicted molar refractivity (Wildman–Crippen MR) is 113 cm³/mol. The van der Waals surface area contributed by atoms with Gasteiger partial charge in [0.05, 0.1) is 13.7 Å². The molecule has 2 unspecified atom stereocenters. The Morgan fingerprint density at radius 2 is 1.93 bits per heavy atom. The van der Waals surface area contributed by atoms with Gasteiger partial charge in [0, 0.05) is 25.7 Å². The number of hydrogen-bond acceptors (Lipinski definition) is 4. The van der Waals surface area contributed by atoms with Crippen LogP contribution < -0.4 is 10.1 Å². The zero-order valence-electron chi connectivity index (χ0n) is 16.5. The van der Waals surface area contributed by atoms with Crippen LogP contribution in [0.3, 0.4) is 0 Å². The Morgan fingerprint density at radius 1 is 1.21 bits per heavy atom. The minimum absolute atomic E-state index is 0. The number of amides is 1. The molecule has 1 heterocycles. The van der Waals surface area contributed by atoms with Gasteiger partial charge in [-0.05, 0) is 30.5 Å². The number of para-hydroxylation sites is 1. The smallest absolute Gasteiger partial charge is 0.253 e. The van der Waals surface area contributed by atoms with Gasteiger partial charge < -0.3 is 19.7 Å². The molecule has 3 rings (SSSR count). The van der Waals surface area contributed by atoms with Gasteiger partial charge in [0.15, 0.2) is 0 Å². The Labute approximate surface area is 173 Å². The molecule has 0 aromatic heterocycles. The summed E-state index contributed by atoms with van der Waals surface area (Å²) in [4.78, 5) is 15.1. The van der Waals surface area contributed by atoms with E-state index in [0.29, 0.717) is 19.7 Å². The molecule has 1 saturated heterocycles. The Morgan fingerprint density at radius 3 is 2.61 bits per heavy atom. The molecule has 0 bridgehead atoms. The average Bonchev–Trinajstić information content (AvgIpc) is 2.73. The van der Waals surface area contributed by atoms with Crippen molar-refractivity contribution in [2.45, 2.75) is 32.0 Å². The van der Waals surface area contributed by atoms with Gasteiger partial charge >= 0.3 is 0 Å². The summed E-state index contributed by atoms with van der Waals surface area (Å²) >= 11 is 0. The number of nitrogens with zero attached hydrogens (tertiary/aromatic N) is 1. The standard InChI is InChI=1S/C22H28N2O3.ClH/c1-17(14-19-10-6-7-11-20(19)26-2)24(16-18-8-4-3-5-9-18)22(25)21-15-23-12-13-27-21;/h3-11,17,21,23H,12-16H2,1-2H3;1H. The maximum atomic E-state index is 13.2. The molecule has 1 aliphatic rings. The van der Waals surface area contributed by atoms with E-state index in [1.807, 2.05) is 41.3 Å². The van der Waals surface area contributed by atoms with E-state index >= 15 is 0 Å². The second kappa shape index (κ2) is 11.1. The van der Waals surface area contributed by atoms with E-state index in [0.717, 1.165) is 29.8 Å². The van der Waals surface area contributed by atoms with Crippen LogP contribution in [0.1, 0.15) is 18.1 Å². The molecule has 0 aliphatic carbocycles. The lowest BCUT2D eigenvalue weighted by Crippen LogP contribution is -2.51. The van der Waals surface area contributed by atoms with E-state index in [2.05, 4.69) is 30.4 Å². The van der Waals surface area contributed by atoms with E-state index in [-0.39, 0.29) is 24.4 Å². The zero-order valence-corrected chi connectivity index (χ0v) is 17.3. The summed E-state index contributed by atoms with van der Waals surface area (Å²) in [5.41, 5.74) is 2.21. The number of carbonyl (C=O) groups is 1. The number of rotatable bonds is 7. The van der Waals surface area contributed by atoms with Crippen LogP contribution in [-0.4, -0.2) is 49.8 Å². The monoisotopic (exact) mass is 404 g/mol. The summed E-state index contributed by atoms with van der Waals surface area (Å²) in [6, 6.07) is 18.1. The molecule has 5 nitrogen and oxygen atoms in total. The van der Waals surface area contributed by atoms with Crippen molar-refractivity contribution in [3.8, 4) is 5.75 Å². The molecular weight excluding hydrogens is 376 g/mol. The minimum atomic E-state index is -0.428. The topological polar surface area (TPSA) is 50.8 Å². The molecule has 6 heteroatoms. The quantitative estimate of drug-likeness (QED) is 0.770. The van der Waals surface area contributed by atoms with Gasteiger partial charge in [-0.1, -0.05) is 48.5 Å². The van der Waals surface area contributed by atoms with E-state index in [1.165, 1.54) is 0 Å². The lowest BCUT2D eigenvalue weighted by atomic mass is 10.0. The van der Waals surface area contributed by atoms with Crippen molar-refractivity contribution in [2.24, 2.45) is 0 Å². The maximum Gasteiger partial charge on any atom is 0.253 e. The number of halogens is 1. The van der Waals surface area contributed by atoms with Gasteiger partial charge in [-0.25, -0.2) is 0 Å². The summed E-state index contributed by atoms with van der Waals surface area (Å²) in [7, 11) is 1.68. The van der Waals surface area contributed by atoms with Crippen LogP contribution in [0.15, 0.2) is 54.6 Å². The molecule has 2 aromatic carbocycles. The third-order valence-electron chi connectivity index (χ3n) is 4.92. The minimum Gasteiger partial charge on any atom is -0.496 e. The summed E-state index contributed by atoms with van der Waals surface area (Å²) in [5, 5.41) is 3.25. The van der Waals surface area contributed by atoms with Crippen molar-refractivity contribution >= 4 is 18.3 Å². The Bertz CT molecular complexity index is 736. The fourth-order valence-corrected chi connectivity index (χ4v) is 3.44. The van der Waals surface area contributed by atoms with E-state index < -0.39 is 6.10 Å². The highest BCUT2D eigenvalue weighted by molar-refractivity contribution is 5.85. The first-order valence-electron chi connectivity index (χ1n) is 9.47. The Kier molecular flexibility index (Phi) is 8.77. The summed E-state index contributed by atoms with van der Waals surface area (Å²) in [5.74, 6) is 0.889. The highest BCUT2D eigenvalue weighted by Crippen LogP contribution is 2.22. The first-order valence-corrected chi connectivity index (χ1v) is 9.47. The number of hydrogen-bond donors (Lipinski definition) is 1. The lowest BCUT2D eigenvalue weighted by molar-refractivity contribution is -0.148. The van der Waals surface area contributed by atoms with Gasteiger partial charge in [0.2, 0.25) is 0 Å².